The summed E-state index contributed by atoms with van der Waals surface area (Å²) in [5, 5.41) is 93.8. The molecule has 0 aliphatic heterocycles. The van der Waals surface area contributed by atoms with Gasteiger partial charge >= 0.3 is 0 Å². The fourth-order valence-electron chi connectivity index (χ4n) is 7.06. The van der Waals surface area contributed by atoms with Crippen LogP contribution in [0.2, 0.25) is 0 Å². The van der Waals surface area contributed by atoms with E-state index in [-0.39, 0.29) is 6.61 Å². The van der Waals surface area contributed by atoms with Crippen LogP contribution in [-0.2, 0) is 0 Å². The predicted molar refractivity (Wildman–Crippen MR) is 222 cm³/mol. The van der Waals surface area contributed by atoms with E-state index in [0.717, 1.165) is 31.3 Å². The SMILES string of the molecule is C/C(=C\CC[C@@](C)(O)[C@H](O)CC/C(C)=C/CO)CC/C=C(\C)CCC[C@](C)(O)CCC[C@@](C)(O)CCC[C@](C)(O)CCC[C@@](C)(O)CC[C@H](O)C(C)(C)O. The summed E-state index contributed by atoms with van der Waals surface area (Å²) in [5.41, 5.74) is -2.36. The minimum absolute atomic E-state index is 0.0133. The first-order valence-electron chi connectivity index (χ1n) is 20.9. The van der Waals surface area contributed by atoms with E-state index in [1.54, 1.807) is 40.7 Å². The minimum Gasteiger partial charge on any atom is -0.392 e. The van der Waals surface area contributed by atoms with Crippen molar-refractivity contribution in [1.82, 2.24) is 0 Å². The highest BCUT2D eigenvalue weighted by Crippen LogP contribution is 2.31. The minimum atomic E-state index is -1.21. The third-order valence-corrected chi connectivity index (χ3v) is 11.5. The second kappa shape index (κ2) is 24.6. The molecule has 0 aliphatic rings. The summed E-state index contributed by atoms with van der Waals surface area (Å²) in [7, 11) is 0. The maximum absolute atomic E-state index is 11.0. The average molecular weight is 771 g/mol. The highest BCUT2D eigenvalue weighted by molar-refractivity contribution is 5.05. The van der Waals surface area contributed by atoms with Crippen molar-refractivity contribution in [3.8, 4) is 0 Å². The predicted octanol–water partition coefficient (Wildman–Crippen LogP) is 7.87. The Bertz CT molecular complexity index is 1110. The molecule has 0 spiro atoms. The number of allylic oxidation sites excluding steroid dienone is 5. The standard InChI is InChI=1S/C45H86O9/c1-35(17-11-18-36(2)20-13-32-45(10,54)39(48)22-21-37(3)24-34-46)19-12-25-41(6,50)26-14-27-42(7,51)28-15-29-43(8,52)30-16-31-44(9,53)33-23-38(47)40(4,5)49/h17,20,24,38-39,46-54H,11-16,18-19,21-23,25-34H2,1-10H3/b35-17+,36-20+,37-24+/t38-,39+,41-,42+,43-,44+,45+/m0/s1. The van der Waals surface area contributed by atoms with Crippen molar-refractivity contribution in [2.75, 3.05) is 6.61 Å². The number of hydrogen-bond donors (Lipinski definition) is 9. The molecule has 0 aromatic carbocycles. The molecule has 0 saturated heterocycles. The Balaban J connectivity index is 4.41. The lowest BCUT2D eigenvalue weighted by Gasteiger charge is -2.31. The van der Waals surface area contributed by atoms with E-state index in [4.69, 9.17) is 5.11 Å². The van der Waals surface area contributed by atoms with Crippen LogP contribution in [0.3, 0.4) is 0 Å². The average Bonchev–Trinajstić information content (AvgIpc) is 3.01. The van der Waals surface area contributed by atoms with Gasteiger partial charge in [-0.15, -0.1) is 0 Å². The van der Waals surface area contributed by atoms with Gasteiger partial charge in [0.15, 0.2) is 0 Å². The Morgan fingerprint density at radius 1 is 0.444 bits per heavy atom. The van der Waals surface area contributed by atoms with E-state index in [0.29, 0.717) is 103 Å². The number of rotatable bonds is 31. The molecule has 0 rings (SSSR count). The molecule has 0 heterocycles. The topological polar surface area (TPSA) is 182 Å². The van der Waals surface area contributed by atoms with Crippen LogP contribution in [0.15, 0.2) is 34.9 Å². The molecule has 0 unspecified atom stereocenters. The molecule has 0 radical (unpaired) electrons. The highest BCUT2D eigenvalue weighted by Gasteiger charge is 2.31. The Hall–Kier alpha value is -1.14. The summed E-state index contributed by atoms with van der Waals surface area (Å²) in [5.74, 6) is 0. The van der Waals surface area contributed by atoms with E-state index >= 15 is 0 Å². The van der Waals surface area contributed by atoms with Crippen molar-refractivity contribution < 1.29 is 46.0 Å². The van der Waals surface area contributed by atoms with Gasteiger partial charge in [-0.1, -0.05) is 34.9 Å². The Kier molecular flexibility index (Phi) is 24.1. The largest absolute Gasteiger partial charge is 0.392 e. The third kappa shape index (κ3) is 26.7. The maximum Gasteiger partial charge on any atom is 0.0880 e. The van der Waals surface area contributed by atoms with Crippen molar-refractivity contribution in [3.05, 3.63) is 34.9 Å². The number of hydrogen-bond acceptors (Lipinski definition) is 9. The van der Waals surface area contributed by atoms with Gasteiger partial charge in [-0.3, -0.25) is 0 Å². The van der Waals surface area contributed by atoms with Gasteiger partial charge in [-0.05, 0) is 198 Å². The van der Waals surface area contributed by atoms with E-state index in [1.165, 1.54) is 11.1 Å². The molecule has 7 atom stereocenters. The van der Waals surface area contributed by atoms with E-state index in [9.17, 15) is 40.9 Å². The Morgan fingerprint density at radius 3 is 1.28 bits per heavy atom. The molecule has 0 bridgehead atoms. The zero-order valence-corrected chi connectivity index (χ0v) is 36.3. The van der Waals surface area contributed by atoms with Gasteiger partial charge in [-0.2, -0.15) is 0 Å². The molecule has 0 saturated carbocycles. The summed E-state index contributed by atoms with van der Waals surface area (Å²) >= 11 is 0. The van der Waals surface area contributed by atoms with Crippen molar-refractivity contribution in [2.45, 2.75) is 243 Å². The van der Waals surface area contributed by atoms with Crippen LogP contribution in [0.4, 0.5) is 0 Å². The zero-order valence-electron chi connectivity index (χ0n) is 36.3. The molecule has 9 N–H and O–H groups in total. The zero-order chi connectivity index (χ0) is 41.9. The molecule has 0 aromatic rings. The molecular formula is C45H86O9. The molecule has 0 amide bonds. The smallest absolute Gasteiger partial charge is 0.0880 e. The third-order valence-electron chi connectivity index (χ3n) is 11.5. The number of aliphatic hydroxyl groups excluding tert-OH is 3. The van der Waals surface area contributed by atoms with Gasteiger partial charge in [0.05, 0.1) is 52.4 Å². The Morgan fingerprint density at radius 2 is 0.833 bits per heavy atom. The lowest BCUT2D eigenvalue weighted by molar-refractivity contribution is -0.0691. The van der Waals surface area contributed by atoms with Gasteiger partial charge in [0, 0.05) is 0 Å². The monoisotopic (exact) mass is 771 g/mol. The van der Waals surface area contributed by atoms with Gasteiger partial charge < -0.3 is 46.0 Å². The van der Waals surface area contributed by atoms with E-state index < -0.39 is 45.8 Å². The van der Waals surface area contributed by atoms with E-state index in [2.05, 4.69) is 26.0 Å². The fourth-order valence-corrected chi connectivity index (χ4v) is 7.06. The second-order valence-corrected chi connectivity index (χ2v) is 18.9. The van der Waals surface area contributed by atoms with Crippen LogP contribution < -0.4 is 0 Å². The molecule has 0 aromatic heterocycles. The van der Waals surface area contributed by atoms with Gasteiger partial charge in [0.25, 0.3) is 0 Å². The first-order valence-corrected chi connectivity index (χ1v) is 20.9. The van der Waals surface area contributed by atoms with Crippen molar-refractivity contribution >= 4 is 0 Å². The fraction of sp³-hybridized carbons (Fsp3) is 0.867. The van der Waals surface area contributed by atoms with Crippen LogP contribution in [0.25, 0.3) is 0 Å². The summed E-state index contributed by atoms with van der Waals surface area (Å²) in [6.45, 7) is 18.2. The van der Waals surface area contributed by atoms with Crippen molar-refractivity contribution in [2.24, 2.45) is 0 Å². The summed E-state index contributed by atoms with van der Waals surface area (Å²) in [6.07, 6.45) is 17.1. The number of aliphatic hydroxyl groups is 9. The van der Waals surface area contributed by atoms with Crippen LogP contribution in [0, 0.1) is 0 Å². The van der Waals surface area contributed by atoms with Crippen LogP contribution in [0.5, 0.6) is 0 Å². The second-order valence-electron chi connectivity index (χ2n) is 18.9. The highest BCUT2D eigenvalue weighted by atomic mass is 16.3. The summed E-state index contributed by atoms with van der Waals surface area (Å²) in [4.78, 5) is 0. The van der Waals surface area contributed by atoms with Crippen molar-refractivity contribution in [1.29, 1.82) is 0 Å². The molecule has 0 fully saturated rings. The lowest BCUT2D eigenvalue weighted by atomic mass is 9.84. The van der Waals surface area contributed by atoms with Crippen LogP contribution >= 0.6 is 0 Å². The van der Waals surface area contributed by atoms with Crippen LogP contribution in [0.1, 0.15) is 198 Å². The molecule has 9 heteroatoms. The van der Waals surface area contributed by atoms with Crippen molar-refractivity contribution in [3.63, 3.8) is 0 Å². The quantitative estimate of drug-likeness (QED) is 0.0317. The molecule has 9 nitrogen and oxygen atoms in total. The molecule has 54 heavy (non-hydrogen) atoms. The molecule has 0 aliphatic carbocycles. The molecular weight excluding hydrogens is 684 g/mol. The van der Waals surface area contributed by atoms with Gasteiger partial charge in [0.2, 0.25) is 0 Å². The van der Waals surface area contributed by atoms with E-state index in [1.807, 2.05) is 20.8 Å². The van der Waals surface area contributed by atoms with Gasteiger partial charge in [-0.25, -0.2) is 0 Å². The normalized spacial score (nSPS) is 20.4. The molecule has 320 valence electrons. The van der Waals surface area contributed by atoms with Crippen LogP contribution in [-0.4, -0.2) is 98.4 Å². The first-order chi connectivity index (χ1) is 24.6. The maximum atomic E-state index is 11.0. The Labute approximate surface area is 330 Å². The first kappa shape index (κ1) is 52.9. The summed E-state index contributed by atoms with van der Waals surface area (Å²) < 4.78 is 0. The van der Waals surface area contributed by atoms with Gasteiger partial charge in [0.1, 0.15) is 0 Å². The lowest BCUT2D eigenvalue weighted by Crippen LogP contribution is -2.39. The summed E-state index contributed by atoms with van der Waals surface area (Å²) in [6, 6.07) is 0.